The van der Waals surface area contributed by atoms with Crippen molar-refractivity contribution in [2.75, 3.05) is 7.11 Å². The number of nitrogens with one attached hydrogen (secondary N) is 1. The molecule has 3 rings (SSSR count). The predicted molar refractivity (Wildman–Crippen MR) is 91.1 cm³/mol. The molecule has 2 saturated carbocycles. The third-order valence-corrected chi connectivity index (χ3v) is 5.60. The highest BCUT2D eigenvalue weighted by Gasteiger charge is 2.40. The highest BCUT2D eigenvalue weighted by Crippen LogP contribution is 2.41. The largest absolute Gasteiger partial charge is 0.497 e. The minimum atomic E-state index is 0.136. The lowest BCUT2D eigenvalue weighted by Crippen LogP contribution is -2.49. The minimum absolute atomic E-state index is 0.136. The van der Waals surface area contributed by atoms with Crippen LogP contribution in [-0.4, -0.2) is 19.1 Å². The SMILES string of the molecule is COc1cc(C)cc(CNC(=O)C2CC3CCCC(C2)C3N)c1. The van der Waals surface area contributed by atoms with Crippen LogP contribution in [0.1, 0.15) is 43.2 Å². The number of benzene rings is 1. The van der Waals surface area contributed by atoms with Crippen LogP contribution in [0, 0.1) is 24.7 Å². The maximum absolute atomic E-state index is 12.6. The molecule has 3 N–H and O–H groups in total. The molecule has 1 aromatic rings. The van der Waals surface area contributed by atoms with Crippen molar-refractivity contribution in [3.8, 4) is 5.75 Å². The Morgan fingerprint density at radius 1 is 1.26 bits per heavy atom. The van der Waals surface area contributed by atoms with E-state index in [0.717, 1.165) is 29.7 Å². The molecule has 2 aliphatic carbocycles. The average Bonchev–Trinajstić information content (AvgIpc) is 2.51. The van der Waals surface area contributed by atoms with Gasteiger partial charge in [-0.25, -0.2) is 0 Å². The Balaban J connectivity index is 1.58. The molecule has 23 heavy (non-hydrogen) atoms. The fourth-order valence-electron chi connectivity index (χ4n) is 4.38. The Hall–Kier alpha value is -1.55. The van der Waals surface area contributed by atoms with Crippen molar-refractivity contribution < 1.29 is 9.53 Å². The van der Waals surface area contributed by atoms with E-state index in [0.29, 0.717) is 24.4 Å². The molecular formula is C19H28N2O2. The number of ether oxygens (including phenoxy) is 1. The standard InChI is InChI=1S/C19H28N2O2/c1-12-6-13(8-17(7-12)23-2)11-21-19(22)16-9-14-4-3-5-15(10-16)18(14)20/h6-8,14-16,18H,3-5,9-11,20H2,1-2H3,(H,21,22). The van der Waals surface area contributed by atoms with Gasteiger partial charge in [0.05, 0.1) is 7.11 Å². The summed E-state index contributed by atoms with van der Waals surface area (Å²) >= 11 is 0. The highest BCUT2D eigenvalue weighted by atomic mass is 16.5. The molecule has 126 valence electrons. The van der Waals surface area contributed by atoms with Gasteiger partial charge in [-0.15, -0.1) is 0 Å². The Labute approximate surface area is 138 Å². The van der Waals surface area contributed by atoms with Crippen LogP contribution in [0.3, 0.4) is 0 Å². The van der Waals surface area contributed by atoms with E-state index in [9.17, 15) is 4.79 Å². The first kappa shape index (κ1) is 16.3. The van der Waals surface area contributed by atoms with Crippen molar-refractivity contribution >= 4 is 5.91 Å². The quantitative estimate of drug-likeness (QED) is 0.898. The minimum Gasteiger partial charge on any atom is -0.497 e. The average molecular weight is 316 g/mol. The van der Waals surface area contributed by atoms with E-state index in [4.69, 9.17) is 10.5 Å². The van der Waals surface area contributed by atoms with E-state index in [1.165, 1.54) is 19.3 Å². The lowest BCUT2D eigenvalue weighted by atomic mass is 9.65. The van der Waals surface area contributed by atoms with Crippen LogP contribution in [0.5, 0.6) is 5.75 Å². The maximum atomic E-state index is 12.6. The van der Waals surface area contributed by atoms with Gasteiger partial charge < -0.3 is 15.8 Å². The van der Waals surface area contributed by atoms with E-state index in [1.807, 2.05) is 19.1 Å². The van der Waals surface area contributed by atoms with Crippen LogP contribution in [0.25, 0.3) is 0 Å². The summed E-state index contributed by atoms with van der Waals surface area (Å²) in [5.41, 5.74) is 8.55. The molecule has 0 aliphatic heterocycles. The first-order valence-corrected chi connectivity index (χ1v) is 8.74. The second-order valence-corrected chi connectivity index (χ2v) is 7.27. The Bertz CT molecular complexity index is 558. The van der Waals surface area contributed by atoms with Crippen LogP contribution >= 0.6 is 0 Å². The summed E-state index contributed by atoms with van der Waals surface area (Å²) in [6.07, 6.45) is 5.58. The number of hydrogen-bond acceptors (Lipinski definition) is 3. The monoisotopic (exact) mass is 316 g/mol. The summed E-state index contributed by atoms with van der Waals surface area (Å²) in [5.74, 6) is 2.24. The highest BCUT2D eigenvalue weighted by molar-refractivity contribution is 5.78. The van der Waals surface area contributed by atoms with Gasteiger partial charge in [0.25, 0.3) is 0 Å². The summed E-state index contributed by atoms with van der Waals surface area (Å²) in [5, 5.41) is 3.12. The number of rotatable bonds is 4. The van der Waals surface area contributed by atoms with Gasteiger partial charge in [0.1, 0.15) is 5.75 Å². The van der Waals surface area contributed by atoms with Gasteiger partial charge in [-0.1, -0.05) is 12.5 Å². The lowest BCUT2D eigenvalue weighted by Gasteiger charge is -2.43. The van der Waals surface area contributed by atoms with Crippen molar-refractivity contribution in [1.29, 1.82) is 0 Å². The molecule has 2 fully saturated rings. The van der Waals surface area contributed by atoms with Gasteiger partial charge in [0, 0.05) is 18.5 Å². The number of carbonyl (C=O) groups excluding carboxylic acids is 1. The molecule has 0 heterocycles. The maximum Gasteiger partial charge on any atom is 0.223 e. The Morgan fingerprint density at radius 2 is 1.96 bits per heavy atom. The molecule has 0 spiro atoms. The van der Waals surface area contributed by atoms with Crippen LogP contribution in [-0.2, 0) is 11.3 Å². The molecule has 1 amide bonds. The van der Waals surface area contributed by atoms with E-state index in [1.54, 1.807) is 7.11 Å². The smallest absolute Gasteiger partial charge is 0.223 e. The molecule has 0 saturated heterocycles. The van der Waals surface area contributed by atoms with E-state index < -0.39 is 0 Å². The van der Waals surface area contributed by atoms with Crippen molar-refractivity contribution in [2.24, 2.45) is 23.5 Å². The van der Waals surface area contributed by atoms with Gasteiger partial charge in [-0.2, -0.15) is 0 Å². The van der Waals surface area contributed by atoms with E-state index in [2.05, 4.69) is 11.4 Å². The lowest BCUT2D eigenvalue weighted by molar-refractivity contribution is -0.128. The third-order valence-electron chi connectivity index (χ3n) is 5.60. The van der Waals surface area contributed by atoms with Crippen molar-refractivity contribution in [3.63, 3.8) is 0 Å². The third kappa shape index (κ3) is 3.69. The second kappa shape index (κ2) is 6.91. The van der Waals surface area contributed by atoms with Crippen LogP contribution in [0.2, 0.25) is 0 Å². The number of fused-ring (bicyclic) bond motifs is 2. The molecular weight excluding hydrogens is 288 g/mol. The van der Waals surface area contributed by atoms with Crippen molar-refractivity contribution in [3.05, 3.63) is 29.3 Å². The zero-order valence-corrected chi connectivity index (χ0v) is 14.2. The molecule has 0 radical (unpaired) electrons. The fraction of sp³-hybridized carbons (Fsp3) is 0.632. The summed E-state index contributed by atoms with van der Waals surface area (Å²) in [6, 6.07) is 6.39. The number of nitrogens with two attached hydrogens (primary N) is 1. The fourth-order valence-corrected chi connectivity index (χ4v) is 4.38. The number of methoxy groups -OCH3 is 1. The molecule has 4 nitrogen and oxygen atoms in total. The van der Waals surface area contributed by atoms with Crippen LogP contribution < -0.4 is 15.8 Å². The zero-order chi connectivity index (χ0) is 16.4. The first-order chi connectivity index (χ1) is 11.1. The molecule has 2 unspecified atom stereocenters. The molecule has 2 bridgehead atoms. The first-order valence-electron chi connectivity index (χ1n) is 8.74. The number of amides is 1. The second-order valence-electron chi connectivity index (χ2n) is 7.27. The number of hydrogen-bond donors (Lipinski definition) is 2. The van der Waals surface area contributed by atoms with Crippen LogP contribution in [0.4, 0.5) is 0 Å². The van der Waals surface area contributed by atoms with E-state index in [-0.39, 0.29) is 11.8 Å². The number of carbonyl (C=O) groups is 1. The van der Waals surface area contributed by atoms with E-state index >= 15 is 0 Å². The van der Waals surface area contributed by atoms with Gasteiger partial charge in [-0.3, -0.25) is 4.79 Å². The number of aryl methyl sites for hydroxylation is 1. The molecule has 0 aromatic heterocycles. The van der Waals surface area contributed by atoms with Crippen molar-refractivity contribution in [1.82, 2.24) is 5.32 Å². The summed E-state index contributed by atoms with van der Waals surface area (Å²) in [4.78, 5) is 12.6. The van der Waals surface area contributed by atoms with Crippen LogP contribution in [0.15, 0.2) is 18.2 Å². The van der Waals surface area contributed by atoms with Gasteiger partial charge >= 0.3 is 0 Å². The van der Waals surface area contributed by atoms with Gasteiger partial charge in [-0.05, 0) is 67.7 Å². The molecule has 1 aromatic carbocycles. The normalized spacial score (nSPS) is 29.9. The van der Waals surface area contributed by atoms with Gasteiger partial charge in [0.2, 0.25) is 5.91 Å². The molecule has 2 atom stereocenters. The molecule has 2 aliphatic rings. The summed E-state index contributed by atoms with van der Waals surface area (Å²) < 4.78 is 5.29. The predicted octanol–water partition coefficient (Wildman–Crippen LogP) is 2.77. The topological polar surface area (TPSA) is 64.3 Å². The van der Waals surface area contributed by atoms with Crippen molar-refractivity contribution in [2.45, 2.75) is 51.6 Å². The summed E-state index contributed by atoms with van der Waals surface area (Å²) in [6.45, 7) is 2.60. The Morgan fingerprint density at radius 3 is 2.61 bits per heavy atom. The summed E-state index contributed by atoms with van der Waals surface area (Å²) in [7, 11) is 1.67. The Kier molecular flexibility index (Phi) is 4.90. The zero-order valence-electron chi connectivity index (χ0n) is 14.2. The molecule has 4 heteroatoms. The van der Waals surface area contributed by atoms with Gasteiger partial charge in [0.15, 0.2) is 0 Å².